The van der Waals surface area contributed by atoms with Crippen LogP contribution in [0.15, 0.2) is 18.3 Å². The lowest BCUT2D eigenvalue weighted by molar-refractivity contribution is -0.135. The number of pyridine rings is 1. The maximum Gasteiger partial charge on any atom is 0.508 e. The lowest BCUT2D eigenvalue weighted by atomic mass is 9.91. The molecule has 1 fully saturated rings. The number of hydrogen-bond donors (Lipinski definition) is 1. The van der Waals surface area contributed by atoms with E-state index in [9.17, 15) is 9.59 Å². The van der Waals surface area contributed by atoms with E-state index >= 15 is 0 Å². The third-order valence-electron chi connectivity index (χ3n) is 3.35. The Labute approximate surface area is 134 Å². The molecule has 8 nitrogen and oxygen atoms in total. The second kappa shape index (κ2) is 7.28. The second-order valence-electron chi connectivity index (χ2n) is 5.88. The summed E-state index contributed by atoms with van der Waals surface area (Å²) in [6, 6.07) is 3.39. The average Bonchev–Trinajstić information content (AvgIpc) is 2.52. The Kier molecular flexibility index (Phi) is 5.38. The topological polar surface area (TPSA) is 90.0 Å². The normalized spacial score (nSPS) is 16.4. The molecule has 1 aromatic heterocycles. The number of hydrogen-bond acceptors (Lipinski definition) is 7. The summed E-state index contributed by atoms with van der Waals surface area (Å²) < 4.78 is 15.0. The van der Waals surface area contributed by atoms with E-state index in [4.69, 9.17) is 14.2 Å². The van der Waals surface area contributed by atoms with Crippen LogP contribution in [0, 0.1) is 5.41 Å². The van der Waals surface area contributed by atoms with Crippen molar-refractivity contribution >= 4 is 17.7 Å². The molecule has 1 amide bonds. The highest BCUT2D eigenvalue weighted by molar-refractivity contribution is 5.95. The number of likely N-dealkylation sites (N-methyl/N-ethyl adjacent to an activating group) is 1. The molecule has 0 bridgehead atoms. The van der Waals surface area contributed by atoms with Gasteiger partial charge in [0.15, 0.2) is 0 Å². The molecule has 1 aliphatic rings. The summed E-state index contributed by atoms with van der Waals surface area (Å²) in [5.74, 6) is 0.194. The van der Waals surface area contributed by atoms with Gasteiger partial charge in [-0.3, -0.25) is 4.79 Å². The van der Waals surface area contributed by atoms with Crippen LogP contribution in [-0.2, 0) is 14.3 Å². The number of nitrogens with one attached hydrogen (secondary N) is 1. The van der Waals surface area contributed by atoms with Crippen LogP contribution in [0.5, 0.6) is 5.88 Å². The lowest BCUT2D eigenvalue weighted by Crippen LogP contribution is -2.46. The Balaban J connectivity index is 1.87. The van der Waals surface area contributed by atoms with Gasteiger partial charge in [-0.1, -0.05) is 0 Å². The highest BCUT2D eigenvalue weighted by atomic mass is 16.7. The van der Waals surface area contributed by atoms with Crippen LogP contribution in [0.1, 0.15) is 6.92 Å². The van der Waals surface area contributed by atoms with Gasteiger partial charge < -0.3 is 24.4 Å². The van der Waals surface area contributed by atoms with Crippen molar-refractivity contribution in [1.82, 2.24) is 9.88 Å². The van der Waals surface area contributed by atoms with Crippen molar-refractivity contribution in [2.75, 3.05) is 45.8 Å². The molecule has 2 rings (SSSR count). The number of rotatable bonds is 6. The van der Waals surface area contributed by atoms with Crippen LogP contribution in [0.25, 0.3) is 0 Å². The predicted molar refractivity (Wildman–Crippen MR) is 82.3 cm³/mol. The van der Waals surface area contributed by atoms with Gasteiger partial charge in [0.25, 0.3) is 0 Å². The first kappa shape index (κ1) is 17.0. The Morgan fingerprint density at radius 2 is 2.09 bits per heavy atom. The Hall–Kier alpha value is -2.35. The van der Waals surface area contributed by atoms with E-state index in [2.05, 4.69) is 10.3 Å². The molecule has 8 heteroatoms. The van der Waals surface area contributed by atoms with Crippen molar-refractivity contribution < 1.29 is 23.8 Å². The fraction of sp³-hybridized carbons (Fsp3) is 0.533. The van der Waals surface area contributed by atoms with Gasteiger partial charge in [-0.15, -0.1) is 0 Å². The predicted octanol–water partition coefficient (Wildman–Crippen LogP) is 1.13. The number of nitrogens with zero attached hydrogens (tertiary/aromatic N) is 2. The van der Waals surface area contributed by atoms with E-state index in [1.807, 2.05) is 19.0 Å². The van der Waals surface area contributed by atoms with Crippen molar-refractivity contribution in [2.24, 2.45) is 5.41 Å². The van der Waals surface area contributed by atoms with Crippen LogP contribution in [-0.4, -0.2) is 62.4 Å². The molecular formula is C15H21N3O5. The fourth-order valence-corrected chi connectivity index (χ4v) is 1.81. The van der Waals surface area contributed by atoms with Gasteiger partial charge in [0.2, 0.25) is 11.8 Å². The number of ether oxygens (including phenoxy) is 3. The zero-order chi connectivity index (χ0) is 16.9. The van der Waals surface area contributed by atoms with Crippen molar-refractivity contribution in [3.05, 3.63) is 18.3 Å². The monoisotopic (exact) mass is 323 g/mol. The van der Waals surface area contributed by atoms with E-state index in [1.54, 1.807) is 19.1 Å². The molecule has 23 heavy (non-hydrogen) atoms. The quantitative estimate of drug-likeness (QED) is 0.785. The summed E-state index contributed by atoms with van der Waals surface area (Å²) in [5.41, 5.74) is -0.387. The Bertz CT molecular complexity index is 549. The van der Waals surface area contributed by atoms with Crippen LogP contribution >= 0.6 is 0 Å². The first-order valence-electron chi connectivity index (χ1n) is 7.24. The average molecular weight is 323 g/mol. The summed E-state index contributed by atoms with van der Waals surface area (Å²) in [4.78, 5) is 29.3. The van der Waals surface area contributed by atoms with Gasteiger partial charge in [0.05, 0.1) is 11.9 Å². The van der Waals surface area contributed by atoms with E-state index in [1.165, 1.54) is 6.20 Å². The molecule has 0 radical (unpaired) electrons. The first-order chi connectivity index (χ1) is 10.9. The van der Waals surface area contributed by atoms with Crippen LogP contribution in [0.2, 0.25) is 0 Å². The van der Waals surface area contributed by atoms with Gasteiger partial charge in [-0.2, -0.15) is 0 Å². The number of amides is 1. The van der Waals surface area contributed by atoms with Gasteiger partial charge in [0.1, 0.15) is 25.2 Å². The maximum absolute atomic E-state index is 12.3. The molecule has 2 heterocycles. The number of carbonyl (C=O) groups excluding carboxylic acids is 2. The van der Waals surface area contributed by atoms with Gasteiger partial charge in [-0.25, -0.2) is 9.78 Å². The van der Waals surface area contributed by atoms with E-state index in [0.29, 0.717) is 18.2 Å². The van der Waals surface area contributed by atoms with Crippen molar-refractivity contribution in [3.63, 3.8) is 0 Å². The number of aromatic nitrogens is 1. The second-order valence-corrected chi connectivity index (χ2v) is 5.88. The molecule has 0 saturated carbocycles. The summed E-state index contributed by atoms with van der Waals surface area (Å²) in [5, 5.41) is 2.73. The molecule has 1 saturated heterocycles. The molecule has 0 aliphatic carbocycles. The zero-order valence-electron chi connectivity index (χ0n) is 13.5. The molecule has 0 spiro atoms. The summed E-state index contributed by atoms with van der Waals surface area (Å²) in [6.45, 7) is 2.96. The summed E-state index contributed by atoms with van der Waals surface area (Å²) in [6.07, 6.45) is 0.762. The minimum absolute atomic E-state index is 0.0170. The maximum atomic E-state index is 12.3. The van der Waals surface area contributed by atoms with Gasteiger partial charge in [-0.05, 0) is 27.1 Å². The first-order valence-corrected chi connectivity index (χ1v) is 7.24. The molecule has 0 aromatic carbocycles. The van der Waals surface area contributed by atoms with Crippen LogP contribution in [0.3, 0.4) is 0 Å². The van der Waals surface area contributed by atoms with Crippen molar-refractivity contribution in [3.8, 4) is 5.88 Å². The van der Waals surface area contributed by atoms with Gasteiger partial charge in [0, 0.05) is 12.6 Å². The van der Waals surface area contributed by atoms with Crippen LogP contribution < -0.4 is 10.1 Å². The van der Waals surface area contributed by atoms with E-state index in [0.717, 1.165) is 6.54 Å². The minimum Gasteiger partial charge on any atom is -0.476 e. The molecule has 126 valence electrons. The zero-order valence-corrected chi connectivity index (χ0v) is 13.5. The third-order valence-corrected chi connectivity index (χ3v) is 3.35. The Morgan fingerprint density at radius 3 is 2.65 bits per heavy atom. The fourth-order valence-electron chi connectivity index (χ4n) is 1.81. The third kappa shape index (κ3) is 4.82. The summed E-state index contributed by atoms with van der Waals surface area (Å²) >= 11 is 0. The van der Waals surface area contributed by atoms with Gasteiger partial charge >= 0.3 is 6.16 Å². The number of cyclic esters (lactones) is 2. The molecule has 0 atom stereocenters. The highest BCUT2D eigenvalue weighted by Gasteiger charge is 2.40. The van der Waals surface area contributed by atoms with E-state index in [-0.39, 0.29) is 19.1 Å². The summed E-state index contributed by atoms with van der Waals surface area (Å²) in [7, 11) is 3.92. The highest BCUT2D eigenvalue weighted by Crippen LogP contribution is 2.24. The SMILES string of the molecule is CN(C)CCOc1ccc(NC(=O)C2(C)COC(=O)OC2)cn1. The van der Waals surface area contributed by atoms with Crippen LogP contribution in [0.4, 0.5) is 10.5 Å². The molecule has 1 aliphatic heterocycles. The lowest BCUT2D eigenvalue weighted by Gasteiger charge is -2.30. The molecule has 1 aromatic rings. The Morgan fingerprint density at radius 1 is 1.39 bits per heavy atom. The molecule has 1 N–H and O–H groups in total. The smallest absolute Gasteiger partial charge is 0.476 e. The largest absolute Gasteiger partial charge is 0.508 e. The molecular weight excluding hydrogens is 302 g/mol. The van der Waals surface area contributed by atoms with E-state index < -0.39 is 11.6 Å². The number of carbonyl (C=O) groups is 2. The number of anilines is 1. The van der Waals surface area contributed by atoms with Crippen molar-refractivity contribution in [1.29, 1.82) is 0 Å². The molecule has 0 unspecified atom stereocenters. The minimum atomic E-state index is -0.922. The van der Waals surface area contributed by atoms with Crippen molar-refractivity contribution in [2.45, 2.75) is 6.92 Å². The standard InChI is InChI=1S/C15H21N3O5/c1-15(9-22-14(20)23-10-15)13(19)17-11-4-5-12(16-8-11)21-7-6-18(2)3/h4-5,8H,6-7,9-10H2,1-3H3,(H,17,19).